The molecule has 4 N–H and O–H groups in total. The van der Waals surface area contributed by atoms with Crippen LogP contribution in [0.4, 0.5) is 11.8 Å². The maximum absolute atomic E-state index is 5.88. The van der Waals surface area contributed by atoms with Crippen molar-refractivity contribution in [2.24, 2.45) is 0 Å². The zero-order valence-corrected chi connectivity index (χ0v) is 12.6. The molecule has 0 amide bonds. The lowest BCUT2D eigenvalue weighted by Crippen LogP contribution is -2.04. The van der Waals surface area contributed by atoms with Crippen LogP contribution < -0.4 is 11.5 Å². The van der Waals surface area contributed by atoms with Crippen LogP contribution in [0, 0.1) is 6.92 Å². The zero-order chi connectivity index (χ0) is 15.0. The molecule has 21 heavy (non-hydrogen) atoms. The number of hydrogen-bond donors (Lipinski definition) is 2. The summed E-state index contributed by atoms with van der Waals surface area (Å²) in [6.07, 6.45) is 0. The molecule has 0 spiro atoms. The van der Waals surface area contributed by atoms with Gasteiger partial charge in [-0.05, 0) is 31.2 Å². The Morgan fingerprint density at radius 2 is 1.71 bits per heavy atom. The quantitative estimate of drug-likeness (QED) is 0.748. The maximum atomic E-state index is 5.88. The van der Waals surface area contributed by atoms with Gasteiger partial charge in [-0.1, -0.05) is 23.4 Å². The average Bonchev–Trinajstić information content (AvgIpc) is 2.42. The lowest BCUT2D eigenvalue weighted by atomic mass is 10.4. The van der Waals surface area contributed by atoms with Gasteiger partial charge in [-0.3, -0.25) is 0 Å². The van der Waals surface area contributed by atoms with Crippen LogP contribution in [-0.2, 0) is 0 Å². The highest BCUT2D eigenvalue weighted by Crippen LogP contribution is 2.30. The minimum Gasteiger partial charge on any atom is -0.382 e. The molecule has 0 saturated carbocycles. The van der Waals surface area contributed by atoms with Crippen molar-refractivity contribution in [3.63, 3.8) is 0 Å². The first kappa shape index (κ1) is 13.8. The second-order valence-corrected chi connectivity index (χ2v) is 5.81. The van der Waals surface area contributed by atoms with Crippen LogP contribution in [0.1, 0.15) is 5.69 Å². The van der Waals surface area contributed by atoms with Gasteiger partial charge >= 0.3 is 0 Å². The minimum absolute atomic E-state index is 0.0896. The van der Waals surface area contributed by atoms with Gasteiger partial charge in [0.25, 0.3) is 0 Å². The molecule has 8 heteroatoms. The molecule has 0 unspecified atom stereocenters. The van der Waals surface area contributed by atoms with E-state index in [1.807, 2.05) is 31.2 Å². The van der Waals surface area contributed by atoms with E-state index in [-0.39, 0.29) is 11.8 Å². The van der Waals surface area contributed by atoms with E-state index in [9.17, 15) is 0 Å². The molecule has 2 heterocycles. The van der Waals surface area contributed by atoms with Crippen molar-refractivity contribution in [2.75, 3.05) is 11.5 Å². The largest absolute Gasteiger partial charge is 0.382 e. The lowest BCUT2D eigenvalue weighted by Gasteiger charge is -2.07. The number of nitrogens with two attached hydrogens (primary N) is 2. The first-order chi connectivity index (χ1) is 10.0. The van der Waals surface area contributed by atoms with Gasteiger partial charge in [-0.2, -0.15) is 9.97 Å². The van der Waals surface area contributed by atoms with Crippen molar-refractivity contribution in [3.8, 4) is 0 Å². The van der Waals surface area contributed by atoms with Crippen molar-refractivity contribution in [2.45, 2.75) is 16.8 Å². The third-order valence-corrected chi connectivity index (χ3v) is 4.07. The first-order valence-corrected chi connectivity index (χ1v) is 7.23. The Balaban J connectivity index is 2.06. The molecule has 0 aliphatic carbocycles. The molecular weight excluding hydrogens is 308 g/mol. The summed E-state index contributed by atoms with van der Waals surface area (Å²) in [7, 11) is 0. The van der Waals surface area contributed by atoms with E-state index < -0.39 is 0 Å². The molecule has 0 aliphatic heterocycles. The standard InChI is InChI=1S/C13H11ClN6S/c1-6-12(21-8-4-2-7(14)3-5-8)18-9-10(15)19-13(16)20-11(9)17-6/h2-5H,1H3,(H4,15,16,17,19,20). The number of aromatic nitrogens is 4. The molecule has 3 aromatic rings. The Labute approximate surface area is 130 Å². The van der Waals surface area contributed by atoms with Gasteiger partial charge < -0.3 is 11.5 Å². The highest BCUT2D eigenvalue weighted by atomic mass is 35.5. The Morgan fingerprint density at radius 1 is 1.00 bits per heavy atom. The van der Waals surface area contributed by atoms with Crippen LogP contribution in [0.15, 0.2) is 34.2 Å². The summed E-state index contributed by atoms with van der Waals surface area (Å²) in [5.41, 5.74) is 13.0. The molecule has 6 nitrogen and oxygen atoms in total. The van der Waals surface area contributed by atoms with Gasteiger partial charge in [0, 0.05) is 9.92 Å². The summed E-state index contributed by atoms with van der Waals surface area (Å²) in [5.74, 6) is 0.315. The Morgan fingerprint density at radius 3 is 2.43 bits per heavy atom. The van der Waals surface area contributed by atoms with Crippen LogP contribution >= 0.6 is 23.4 Å². The molecule has 1 aromatic carbocycles. The van der Waals surface area contributed by atoms with Crippen molar-refractivity contribution >= 4 is 46.3 Å². The summed E-state index contributed by atoms with van der Waals surface area (Å²) in [4.78, 5) is 17.8. The molecule has 0 bridgehead atoms. The average molecular weight is 319 g/mol. The van der Waals surface area contributed by atoms with E-state index in [0.29, 0.717) is 16.2 Å². The molecule has 0 aliphatic rings. The molecule has 0 fully saturated rings. The second-order valence-electron chi connectivity index (χ2n) is 4.31. The number of nitrogen functional groups attached to an aromatic ring is 2. The third kappa shape index (κ3) is 2.84. The fourth-order valence-corrected chi connectivity index (χ4v) is 2.71. The monoisotopic (exact) mass is 318 g/mol. The van der Waals surface area contributed by atoms with E-state index in [0.717, 1.165) is 15.6 Å². The summed E-state index contributed by atoms with van der Waals surface area (Å²) in [6, 6.07) is 7.49. The molecule has 0 radical (unpaired) electrons. The fraction of sp³-hybridized carbons (Fsp3) is 0.0769. The van der Waals surface area contributed by atoms with Crippen molar-refractivity contribution in [1.82, 2.24) is 19.9 Å². The Hall–Kier alpha value is -2.12. The van der Waals surface area contributed by atoms with Crippen molar-refractivity contribution in [1.29, 1.82) is 0 Å². The Bertz CT molecular complexity index is 821. The number of nitrogens with zero attached hydrogens (tertiary/aromatic N) is 4. The summed E-state index contributed by atoms with van der Waals surface area (Å²) >= 11 is 7.35. The fourth-order valence-electron chi connectivity index (χ4n) is 1.76. The number of rotatable bonds is 2. The van der Waals surface area contributed by atoms with Gasteiger partial charge in [-0.25, -0.2) is 9.97 Å². The summed E-state index contributed by atoms with van der Waals surface area (Å²) < 4.78 is 0. The highest BCUT2D eigenvalue weighted by molar-refractivity contribution is 7.99. The topological polar surface area (TPSA) is 104 Å². The number of hydrogen-bond acceptors (Lipinski definition) is 7. The normalized spacial score (nSPS) is 11.0. The van der Waals surface area contributed by atoms with Crippen LogP contribution in [0.3, 0.4) is 0 Å². The lowest BCUT2D eigenvalue weighted by molar-refractivity contribution is 1.01. The van der Waals surface area contributed by atoms with E-state index in [1.165, 1.54) is 11.8 Å². The van der Waals surface area contributed by atoms with Gasteiger partial charge in [0.05, 0.1) is 5.69 Å². The molecule has 106 valence electrons. The minimum atomic E-state index is 0.0896. The van der Waals surface area contributed by atoms with E-state index in [1.54, 1.807) is 0 Å². The second kappa shape index (κ2) is 5.34. The van der Waals surface area contributed by atoms with Crippen LogP contribution in [0.25, 0.3) is 11.2 Å². The number of fused-ring (bicyclic) bond motifs is 1. The SMILES string of the molecule is Cc1nc2nc(N)nc(N)c2nc1Sc1ccc(Cl)cc1. The van der Waals surface area contributed by atoms with Gasteiger partial charge in [0.1, 0.15) is 5.03 Å². The van der Waals surface area contributed by atoms with E-state index in [2.05, 4.69) is 19.9 Å². The molecule has 0 atom stereocenters. The van der Waals surface area contributed by atoms with Gasteiger partial charge in [-0.15, -0.1) is 0 Å². The van der Waals surface area contributed by atoms with Crippen LogP contribution in [0.5, 0.6) is 0 Å². The van der Waals surface area contributed by atoms with Crippen molar-refractivity contribution in [3.05, 3.63) is 35.0 Å². The number of halogens is 1. The third-order valence-electron chi connectivity index (χ3n) is 2.73. The summed E-state index contributed by atoms with van der Waals surface area (Å²) in [6.45, 7) is 1.86. The number of aryl methyl sites for hydroxylation is 1. The molecule has 3 rings (SSSR count). The first-order valence-electron chi connectivity index (χ1n) is 6.03. The van der Waals surface area contributed by atoms with E-state index >= 15 is 0 Å². The summed E-state index contributed by atoms with van der Waals surface area (Å²) in [5, 5.41) is 1.43. The van der Waals surface area contributed by atoms with Crippen LogP contribution in [-0.4, -0.2) is 19.9 Å². The predicted octanol–water partition coefficient (Wildman–Crippen LogP) is 2.70. The number of anilines is 2. The number of benzene rings is 1. The van der Waals surface area contributed by atoms with Gasteiger partial charge in [0.2, 0.25) is 5.95 Å². The van der Waals surface area contributed by atoms with Crippen molar-refractivity contribution < 1.29 is 0 Å². The zero-order valence-electron chi connectivity index (χ0n) is 11.0. The molecule has 0 saturated heterocycles. The predicted molar refractivity (Wildman–Crippen MR) is 84.3 cm³/mol. The van der Waals surface area contributed by atoms with Crippen LogP contribution in [0.2, 0.25) is 5.02 Å². The van der Waals surface area contributed by atoms with E-state index in [4.69, 9.17) is 23.1 Å². The van der Waals surface area contributed by atoms with Gasteiger partial charge in [0.15, 0.2) is 17.0 Å². The Kier molecular flexibility index (Phi) is 3.52. The highest BCUT2D eigenvalue weighted by Gasteiger charge is 2.12. The molecular formula is C13H11ClN6S. The molecule has 2 aromatic heterocycles. The maximum Gasteiger partial charge on any atom is 0.224 e. The smallest absolute Gasteiger partial charge is 0.224 e.